The minimum atomic E-state index is -1.58. The molecule has 2 aromatic carbocycles. The average Bonchev–Trinajstić information content (AvgIpc) is 2.72. The van der Waals surface area contributed by atoms with Crippen LogP contribution < -0.4 is 14.4 Å². The number of nitrogens with zero attached hydrogens (tertiary/aromatic N) is 2. The first-order chi connectivity index (χ1) is 13.5. The second kappa shape index (κ2) is 12.1. The molecule has 1 aliphatic heterocycles. The van der Waals surface area contributed by atoms with Gasteiger partial charge < -0.3 is 19.5 Å². The van der Waals surface area contributed by atoms with Crippen LogP contribution in [0, 0.1) is 17.5 Å². The highest BCUT2D eigenvalue weighted by molar-refractivity contribution is 5.85. The van der Waals surface area contributed by atoms with Gasteiger partial charge in [-0.3, -0.25) is 4.90 Å². The molecule has 30 heavy (non-hydrogen) atoms. The molecule has 5 nitrogen and oxygen atoms in total. The summed E-state index contributed by atoms with van der Waals surface area (Å²) in [6.45, 7) is 3.13. The zero-order valence-corrected chi connectivity index (χ0v) is 18.0. The van der Waals surface area contributed by atoms with Crippen molar-refractivity contribution in [2.45, 2.75) is 6.10 Å². The van der Waals surface area contributed by atoms with Crippen LogP contribution in [0.15, 0.2) is 36.4 Å². The Balaban J connectivity index is 0.00000225. The van der Waals surface area contributed by atoms with E-state index in [-0.39, 0.29) is 31.4 Å². The number of halogens is 5. The molecule has 1 atom stereocenters. The van der Waals surface area contributed by atoms with E-state index in [1.807, 2.05) is 24.3 Å². The smallest absolute Gasteiger partial charge is 0.203 e. The summed E-state index contributed by atoms with van der Waals surface area (Å²) < 4.78 is 50.2. The van der Waals surface area contributed by atoms with Crippen molar-refractivity contribution in [3.05, 3.63) is 53.8 Å². The Bertz CT molecular complexity index is 809. The third-order valence-electron chi connectivity index (χ3n) is 4.70. The third kappa shape index (κ3) is 6.31. The predicted molar refractivity (Wildman–Crippen MR) is 114 cm³/mol. The monoisotopic (exact) mass is 468 g/mol. The van der Waals surface area contributed by atoms with Gasteiger partial charge >= 0.3 is 0 Å². The number of β-amino-alcohol motifs (C(OH)–C–C–N with tert-alkyl or cyclic N) is 1. The standard InChI is InChI=1S/C20H23F3N2O3.2ClH/c1-27-17-5-3-2-4-16(17)25-10-8-24(9-11-25)12-14(26)13-28-18-7-6-15(21)19(22)20(18)23;;/h2-7,14,26H,8-13H2,1H3;2*1H. The highest BCUT2D eigenvalue weighted by Gasteiger charge is 2.22. The minimum absolute atomic E-state index is 0. The Kier molecular flexibility index (Phi) is 10.6. The molecule has 1 heterocycles. The first-order valence-corrected chi connectivity index (χ1v) is 9.04. The predicted octanol–water partition coefficient (Wildman–Crippen LogP) is 3.52. The Morgan fingerprint density at radius 1 is 0.933 bits per heavy atom. The van der Waals surface area contributed by atoms with Gasteiger partial charge in [0.1, 0.15) is 18.5 Å². The fourth-order valence-corrected chi connectivity index (χ4v) is 3.22. The van der Waals surface area contributed by atoms with Crippen LogP contribution in [0.4, 0.5) is 18.9 Å². The van der Waals surface area contributed by atoms with Crippen LogP contribution in [0.5, 0.6) is 11.5 Å². The van der Waals surface area contributed by atoms with Gasteiger partial charge in [-0.1, -0.05) is 12.1 Å². The summed E-state index contributed by atoms with van der Waals surface area (Å²) >= 11 is 0. The minimum Gasteiger partial charge on any atom is -0.495 e. The summed E-state index contributed by atoms with van der Waals surface area (Å²) in [6, 6.07) is 9.60. The van der Waals surface area contributed by atoms with Crippen LogP contribution in [0.3, 0.4) is 0 Å². The molecule has 2 aromatic rings. The lowest BCUT2D eigenvalue weighted by Crippen LogP contribution is -2.49. The fraction of sp³-hybridized carbons (Fsp3) is 0.400. The number of hydrogen-bond acceptors (Lipinski definition) is 5. The average molecular weight is 469 g/mol. The van der Waals surface area contributed by atoms with Crippen LogP contribution in [-0.2, 0) is 0 Å². The van der Waals surface area contributed by atoms with E-state index in [1.165, 1.54) is 0 Å². The zero-order valence-electron chi connectivity index (χ0n) is 16.4. The van der Waals surface area contributed by atoms with Gasteiger partial charge in [-0.25, -0.2) is 8.78 Å². The van der Waals surface area contributed by atoms with Crippen LogP contribution in [0.2, 0.25) is 0 Å². The Labute approximate surface area is 186 Å². The summed E-state index contributed by atoms with van der Waals surface area (Å²) in [6.07, 6.45) is -0.884. The molecular weight excluding hydrogens is 444 g/mol. The number of methoxy groups -OCH3 is 1. The summed E-state index contributed by atoms with van der Waals surface area (Å²) in [7, 11) is 1.64. The van der Waals surface area contributed by atoms with Crippen molar-refractivity contribution in [3.63, 3.8) is 0 Å². The highest BCUT2D eigenvalue weighted by Crippen LogP contribution is 2.28. The SMILES string of the molecule is COc1ccccc1N1CCN(CC(O)COc2ccc(F)c(F)c2F)CC1.Cl.Cl. The van der Waals surface area contributed by atoms with Gasteiger partial charge in [0.2, 0.25) is 5.82 Å². The fourth-order valence-electron chi connectivity index (χ4n) is 3.22. The van der Waals surface area contributed by atoms with E-state index in [0.29, 0.717) is 6.54 Å². The molecule has 1 fully saturated rings. The molecule has 0 radical (unpaired) electrons. The van der Waals surface area contributed by atoms with E-state index in [9.17, 15) is 18.3 Å². The van der Waals surface area contributed by atoms with Gasteiger partial charge in [0.05, 0.1) is 12.8 Å². The quantitative estimate of drug-likeness (QED) is 0.629. The number of piperazine rings is 1. The van der Waals surface area contributed by atoms with Gasteiger partial charge in [-0.05, 0) is 24.3 Å². The van der Waals surface area contributed by atoms with Crippen LogP contribution in [-0.4, -0.2) is 62.6 Å². The van der Waals surface area contributed by atoms with Crippen molar-refractivity contribution >= 4 is 30.5 Å². The molecule has 0 aliphatic carbocycles. The number of anilines is 1. The zero-order chi connectivity index (χ0) is 20.1. The number of aliphatic hydroxyl groups is 1. The molecule has 0 aromatic heterocycles. The van der Waals surface area contributed by atoms with Gasteiger partial charge in [0, 0.05) is 32.7 Å². The summed E-state index contributed by atoms with van der Waals surface area (Å²) in [5, 5.41) is 10.2. The van der Waals surface area contributed by atoms with Crippen molar-refractivity contribution in [3.8, 4) is 11.5 Å². The van der Waals surface area contributed by atoms with E-state index < -0.39 is 29.3 Å². The van der Waals surface area contributed by atoms with E-state index in [1.54, 1.807) is 7.11 Å². The van der Waals surface area contributed by atoms with E-state index in [0.717, 1.165) is 49.7 Å². The van der Waals surface area contributed by atoms with E-state index in [2.05, 4.69) is 9.80 Å². The second-order valence-corrected chi connectivity index (χ2v) is 6.60. The molecule has 168 valence electrons. The number of hydrogen-bond donors (Lipinski definition) is 1. The lowest BCUT2D eigenvalue weighted by molar-refractivity contribution is 0.0645. The van der Waals surface area contributed by atoms with Gasteiger partial charge in [0.25, 0.3) is 0 Å². The maximum absolute atomic E-state index is 13.6. The second-order valence-electron chi connectivity index (χ2n) is 6.60. The number of benzene rings is 2. The Morgan fingerprint density at radius 3 is 2.27 bits per heavy atom. The molecule has 0 spiro atoms. The summed E-state index contributed by atoms with van der Waals surface area (Å²) in [4.78, 5) is 4.29. The molecule has 1 N–H and O–H groups in total. The lowest BCUT2D eigenvalue weighted by Gasteiger charge is -2.37. The van der Waals surface area contributed by atoms with Crippen molar-refractivity contribution < 1.29 is 27.8 Å². The van der Waals surface area contributed by atoms with Crippen LogP contribution in [0.1, 0.15) is 0 Å². The molecule has 3 rings (SSSR count). The summed E-state index contributed by atoms with van der Waals surface area (Å²) in [5.74, 6) is -3.85. The van der Waals surface area contributed by atoms with E-state index in [4.69, 9.17) is 9.47 Å². The Morgan fingerprint density at radius 2 is 1.60 bits per heavy atom. The molecule has 0 amide bonds. The van der Waals surface area contributed by atoms with Crippen LogP contribution >= 0.6 is 24.8 Å². The topological polar surface area (TPSA) is 45.2 Å². The van der Waals surface area contributed by atoms with Gasteiger partial charge in [-0.2, -0.15) is 4.39 Å². The highest BCUT2D eigenvalue weighted by atomic mass is 35.5. The van der Waals surface area contributed by atoms with Crippen LogP contribution in [0.25, 0.3) is 0 Å². The molecular formula is C20H25Cl2F3N2O3. The maximum Gasteiger partial charge on any atom is 0.203 e. The van der Waals surface area contributed by atoms with Crippen molar-refractivity contribution in [1.82, 2.24) is 4.90 Å². The molecule has 0 saturated carbocycles. The van der Waals surface area contributed by atoms with E-state index >= 15 is 0 Å². The third-order valence-corrected chi connectivity index (χ3v) is 4.70. The molecule has 10 heteroatoms. The van der Waals surface area contributed by atoms with Gasteiger partial charge in [0.15, 0.2) is 17.4 Å². The molecule has 1 unspecified atom stereocenters. The van der Waals surface area contributed by atoms with Gasteiger partial charge in [-0.15, -0.1) is 24.8 Å². The molecule has 1 aliphatic rings. The van der Waals surface area contributed by atoms with Crippen molar-refractivity contribution in [2.24, 2.45) is 0 Å². The normalized spacial score (nSPS) is 15.0. The van der Waals surface area contributed by atoms with Crippen molar-refractivity contribution in [2.75, 3.05) is 51.3 Å². The first-order valence-electron chi connectivity index (χ1n) is 9.04. The largest absolute Gasteiger partial charge is 0.495 e. The Hall–Kier alpha value is -1.87. The van der Waals surface area contributed by atoms with Crippen molar-refractivity contribution in [1.29, 1.82) is 0 Å². The number of rotatable bonds is 7. The maximum atomic E-state index is 13.6. The molecule has 0 bridgehead atoms. The number of ether oxygens (including phenoxy) is 2. The first kappa shape index (κ1) is 26.2. The summed E-state index contributed by atoms with van der Waals surface area (Å²) in [5.41, 5.74) is 1.03. The number of aliphatic hydroxyl groups excluding tert-OH is 1. The molecule has 1 saturated heterocycles. The number of para-hydroxylation sites is 2. The lowest BCUT2D eigenvalue weighted by atomic mass is 10.2.